The topological polar surface area (TPSA) is 49.8 Å². The zero-order chi connectivity index (χ0) is 11.4. The highest BCUT2D eigenvalue weighted by Gasteiger charge is 2.13. The molecule has 0 saturated heterocycles. The predicted molar refractivity (Wildman–Crippen MR) is 61.7 cm³/mol. The normalized spacial score (nSPS) is 9.80. The number of benzene rings is 1. The van der Waals surface area contributed by atoms with E-state index in [1.54, 1.807) is 32.2 Å². The van der Waals surface area contributed by atoms with Crippen molar-refractivity contribution in [3.63, 3.8) is 0 Å². The van der Waals surface area contributed by atoms with E-state index >= 15 is 0 Å². The van der Waals surface area contributed by atoms with Gasteiger partial charge in [-0.15, -0.1) is 0 Å². The molecule has 0 spiro atoms. The van der Waals surface area contributed by atoms with Crippen LogP contribution in [-0.2, 0) is 0 Å². The number of carboxylic acid groups (broad SMARTS) is 1. The van der Waals surface area contributed by atoms with E-state index in [4.69, 9.17) is 9.84 Å². The third kappa shape index (κ3) is 2.62. The van der Waals surface area contributed by atoms with Crippen LogP contribution in [0.15, 0.2) is 22.7 Å². The van der Waals surface area contributed by atoms with Crippen LogP contribution in [0.25, 0.3) is 0 Å². The molecule has 0 saturated carbocycles. The molecule has 0 aliphatic carbocycles. The number of hydrogen-bond donors (Lipinski definition) is 1. The lowest BCUT2D eigenvalue weighted by molar-refractivity contribution is 0.202. The largest absolute Gasteiger partial charge is 0.496 e. The maximum Gasteiger partial charge on any atom is 0.411 e. The maximum absolute atomic E-state index is 10.9. The first-order valence-corrected chi connectivity index (χ1v) is 5.23. The lowest BCUT2D eigenvalue weighted by atomic mass is 10.3. The summed E-state index contributed by atoms with van der Waals surface area (Å²) in [6.07, 6.45) is -0.963. The first kappa shape index (κ1) is 11.8. The molecule has 0 fully saturated rings. The first-order chi connectivity index (χ1) is 7.10. The standard InChI is InChI=1S/C10H12BrNO3/c1-3-12(10(13)14)7-4-5-9(15-2)8(11)6-7/h4-6H,3H2,1-2H3,(H,13,14). The summed E-state index contributed by atoms with van der Waals surface area (Å²) in [4.78, 5) is 12.1. The van der Waals surface area contributed by atoms with Crippen molar-refractivity contribution in [2.24, 2.45) is 0 Å². The Balaban J connectivity index is 3.05. The molecule has 15 heavy (non-hydrogen) atoms. The van der Waals surface area contributed by atoms with E-state index < -0.39 is 6.09 Å². The van der Waals surface area contributed by atoms with E-state index in [1.807, 2.05) is 0 Å². The van der Waals surface area contributed by atoms with Gasteiger partial charge in [0, 0.05) is 12.2 Å². The van der Waals surface area contributed by atoms with E-state index in [0.29, 0.717) is 18.0 Å². The zero-order valence-electron chi connectivity index (χ0n) is 8.53. The van der Waals surface area contributed by atoms with E-state index in [2.05, 4.69) is 15.9 Å². The fourth-order valence-electron chi connectivity index (χ4n) is 1.25. The number of hydrogen-bond acceptors (Lipinski definition) is 2. The maximum atomic E-state index is 10.9. The van der Waals surface area contributed by atoms with Gasteiger partial charge >= 0.3 is 6.09 Å². The predicted octanol–water partition coefficient (Wildman–Crippen LogP) is 2.96. The molecule has 0 radical (unpaired) electrons. The van der Waals surface area contributed by atoms with Gasteiger partial charge in [0.05, 0.1) is 11.6 Å². The summed E-state index contributed by atoms with van der Waals surface area (Å²) in [7, 11) is 1.56. The molecule has 0 aromatic heterocycles. The molecule has 0 aliphatic heterocycles. The summed E-state index contributed by atoms with van der Waals surface area (Å²) in [5, 5.41) is 8.92. The molecule has 0 heterocycles. The Hall–Kier alpha value is -1.23. The summed E-state index contributed by atoms with van der Waals surface area (Å²) in [6, 6.07) is 5.16. The van der Waals surface area contributed by atoms with Gasteiger partial charge in [-0.2, -0.15) is 0 Å². The molecule has 0 atom stereocenters. The molecule has 0 aliphatic rings. The summed E-state index contributed by atoms with van der Waals surface area (Å²) in [5.41, 5.74) is 0.623. The van der Waals surface area contributed by atoms with Crippen LogP contribution >= 0.6 is 15.9 Å². The number of halogens is 1. The molecule has 5 heteroatoms. The lowest BCUT2D eigenvalue weighted by Crippen LogP contribution is -2.28. The number of nitrogens with zero attached hydrogens (tertiary/aromatic N) is 1. The summed E-state index contributed by atoms with van der Waals surface area (Å²) >= 11 is 3.31. The fraction of sp³-hybridized carbons (Fsp3) is 0.300. The van der Waals surface area contributed by atoms with Crippen molar-refractivity contribution in [2.45, 2.75) is 6.92 Å². The molecule has 4 nitrogen and oxygen atoms in total. The van der Waals surface area contributed by atoms with Gasteiger partial charge in [0.1, 0.15) is 5.75 Å². The number of anilines is 1. The number of ether oxygens (including phenoxy) is 1. The molecule has 0 unspecified atom stereocenters. The number of methoxy groups -OCH3 is 1. The minimum atomic E-state index is -0.963. The van der Waals surface area contributed by atoms with Crippen LogP contribution in [0.5, 0.6) is 5.75 Å². The number of carbonyl (C=O) groups is 1. The fourth-order valence-corrected chi connectivity index (χ4v) is 1.78. The molecule has 1 aromatic rings. The Kier molecular flexibility index (Phi) is 3.96. The quantitative estimate of drug-likeness (QED) is 0.921. The van der Waals surface area contributed by atoms with Gasteiger partial charge in [-0.05, 0) is 41.1 Å². The second-order valence-electron chi connectivity index (χ2n) is 2.85. The van der Waals surface area contributed by atoms with E-state index in [0.717, 1.165) is 4.47 Å². The van der Waals surface area contributed by atoms with Crippen LogP contribution in [0.3, 0.4) is 0 Å². The van der Waals surface area contributed by atoms with E-state index in [9.17, 15) is 4.79 Å². The molecule has 82 valence electrons. The minimum absolute atomic E-state index is 0.411. The van der Waals surface area contributed by atoms with Gasteiger partial charge in [0.25, 0.3) is 0 Å². The Morgan fingerprint density at radius 3 is 2.67 bits per heavy atom. The van der Waals surface area contributed by atoms with Gasteiger partial charge in [-0.1, -0.05) is 0 Å². The molecular weight excluding hydrogens is 262 g/mol. The summed E-state index contributed by atoms with van der Waals surface area (Å²) in [6.45, 7) is 2.19. The second-order valence-corrected chi connectivity index (χ2v) is 3.70. The van der Waals surface area contributed by atoms with Gasteiger partial charge in [0.15, 0.2) is 0 Å². The third-order valence-corrected chi connectivity index (χ3v) is 2.61. The van der Waals surface area contributed by atoms with Crippen LogP contribution in [0.1, 0.15) is 6.92 Å². The molecule has 1 aromatic carbocycles. The van der Waals surface area contributed by atoms with Crippen molar-refractivity contribution < 1.29 is 14.6 Å². The Morgan fingerprint density at radius 1 is 1.60 bits per heavy atom. The molecular formula is C10H12BrNO3. The van der Waals surface area contributed by atoms with Gasteiger partial charge in [-0.3, -0.25) is 4.90 Å². The van der Waals surface area contributed by atoms with Crippen molar-refractivity contribution in [3.8, 4) is 5.75 Å². The van der Waals surface area contributed by atoms with Crippen molar-refractivity contribution in [3.05, 3.63) is 22.7 Å². The smallest absolute Gasteiger partial charge is 0.411 e. The average Bonchev–Trinajstić information content (AvgIpc) is 2.18. The Morgan fingerprint density at radius 2 is 2.27 bits per heavy atom. The number of rotatable bonds is 3. The van der Waals surface area contributed by atoms with Gasteiger partial charge in [0.2, 0.25) is 0 Å². The SMILES string of the molecule is CCN(C(=O)O)c1ccc(OC)c(Br)c1. The summed E-state index contributed by atoms with van der Waals surface area (Å²) in [5.74, 6) is 0.681. The molecule has 1 amide bonds. The van der Waals surface area contributed by atoms with Crippen LogP contribution in [0.4, 0.5) is 10.5 Å². The summed E-state index contributed by atoms with van der Waals surface area (Å²) < 4.78 is 5.80. The third-order valence-electron chi connectivity index (χ3n) is 1.99. The molecule has 1 N–H and O–H groups in total. The highest BCUT2D eigenvalue weighted by molar-refractivity contribution is 9.10. The van der Waals surface area contributed by atoms with Gasteiger partial charge in [-0.25, -0.2) is 4.79 Å². The first-order valence-electron chi connectivity index (χ1n) is 4.44. The Bertz CT molecular complexity index is 368. The van der Waals surface area contributed by atoms with Crippen molar-refractivity contribution >= 4 is 27.7 Å². The number of amides is 1. The Labute approximate surface area is 96.6 Å². The molecule has 0 bridgehead atoms. The van der Waals surface area contributed by atoms with Crippen molar-refractivity contribution in [2.75, 3.05) is 18.6 Å². The zero-order valence-corrected chi connectivity index (χ0v) is 10.1. The highest BCUT2D eigenvalue weighted by Crippen LogP contribution is 2.29. The van der Waals surface area contributed by atoms with E-state index in [-0.39, 0.29) is 0 Å². The van der Waals surface area contributed by atoms with Crippen LogP contribution in [0.2, 0.25) is 0 Å². The lowest BCUT2D eigenvalue weighted by Gasteiger charge is -2.17. The van der Waals surface area contributed by atoms with Crippen molar-refractivity contribution in [1.29, 1.82) is 0 Å². The molecule has 1 rings (SSSR count). The minimum Gasteiger partial charge on any atom is -0.496 e. The second kappa shape index (κ2) is 5.02. The van der Waals surface area contributed by atoms with E-state index in [1.165, 1.54) is 4.90 Å². The van der Waals surface area contributed by atoms with Crippen LogP contribution in [-0.4, -0.2) is 24.9 Å². The van der Waals surface area contributed by atoms with Crippen LogP contribution in [0, 0.1) is 0 Å². The monoisotopic (exact) mass is 273 g/mol. The van der Waals surface area contributed by atoms with Gasteiger partial charge < -0.3 is 9.84 Å². The van der Waals surface area contributed by atoms with Crippen molar-refractivity contribution in [1.82, 2.24) is 0 Å². The van der Waals surface area contributed by atoms with Crippen LogP contribution < -0.4 is 9.64 Å². The highest BCUT2D eigenvalue weighted by atomic mass is 79.9. The average molecular weight is 274 g/mol.